The van der Waals surface area contributed by atoms with Crippen LogP contribution in [-0.2, 0) is 16.6 Å². The lowest BCUT2D eigenvalue weighted by Crippen LogP contribution is -2.33. The van der Waals surface area contributed by atoms with Crippen molar-refractivity contribution < 1.29 is 18.0 Å². The molecule has 0 radical (unpaired) electrons. The summed E-state index contributed by atoms with van der Waals surface area (Å²) < 4.78 is 27.6. The molecule has 0 heterocycles. The van der Waals surface area contributed by atoms with Crippen LogP contribution in [0.3, 0.4) is 0 Å². The van der Waals surface area contributed by atoms with Crippen molar-refractivity contribution in [3.63, 3.8) is 0 Å². The van der Waals surface area contributed by atoms with Crippen LogP contribution in [0.15, 0.2) is 53.4 Å². The zero-order chi connectivity index (χ0) is 20.6. The molecule has 2 aliphatic rings. The van der Waals surface area contributed by atoms with E-state index in [-0.39, 0.29) is 22.9 Å². The fraction of sp³-hybridized carbons (Fsp3) is 0.333. The van der Waals surface area contributed by atoms with Gasteiger partial charge < -0.3 is 10.6 Å². The van der Waals surface area contributed by atoms with E-state index < -0.39 is 15.9 Å². The minimum absolute atomic E-state index is 0.00527. The molecule has 2 aromatic rings. The average Bonchev–Trinajstić information content (AvgIpc) is 3.61. The summed E-state index contributed by atoms with van der Waals surface area (Å²) in [5, 5.41) is 0. The van der Waals surface area contributed by atoms with Crippen LogP contribution in [0.1, 0.15) is 52.0 Å². The maximum Gasteiger partial charge on any atom is 0.254 e. The van der Waals surface area contributed by atoms with Crippen LogP contribution in [0.2, 0.25) is 0 Å². The van der Waals surface area contributed by atoms with Crippen LogP contribution >= 0.6 is 0 Å². The van der Waals surface area contributed by atoms with E-state index in [1.165, 1.54) is 12.1 Å². The molecule has 29 heavy (non-hydrogen) atoms. The highest BCUT2D eigenvalue weighted by atomic mass is 32.2. The molecule has 152 valence electrons. The third-order valence-electron chi connectivity index (χ3n) is 5.13. The number of hydrogen-bond donors (Lipinski definition) is 2. The molecule has 0 spiro atoms. The molecular weight excluding hydrogens is 390 g/mol. The number of benzene rings is 2. The number of sulfonamides is 1. The van der Waals surface area contributed by atoms with Crippen LogP contribution in [0.25, 0.3) is 0 Å². The van der Waals surface area contributed by atoms with Crippen molar-refractivity contribution in [2.75, 3.05) is 0 Å². The first-order valence-electron chi connectivity index (χ1n) is 9.65. The molecule has 0 aromatic heterocycles. The fourth-order valence-corrected chi connectivity index (χ4v) is 4.53. The number of primary amides is 1. The van der Waals surface area contributed by atoms with Crippen molar-refractivity contribution in [2.24, 2.45) is 5.73 Å². The molecule has 8 heteroatoms. The van der Waals surface area contributed by atoms with Gasteiger partial charge in [0.05, 0.1) is 4.90 Å². The van der Waals surface area contributed by atoms with Crippen LogP contribution in [0, 0.1) is 0 Å². The topological polar surface area (TPSA) is 110 Å². The predicted octanol–water partition coefficient (Wildman–Crippen LogP) is 2.03. The summed E-state index contributed by atoms with van der Waals surface area (Å²) in [5.41, 5.74) is 6.92. The van der Waals surface area contributed by atoms with E-state index in [0.717, 1.165) is 31.2 Å². The van der Waals surface area contributed by atoms with Gasteiger partial charge in [-0.1, -0.05) is 18.2 Å². The molecule has 2 fully saturated rings. The number of carbonyl (C=O) groups excluding carboxylic acids is 2. The monoisotopic (exact) mass is 413 g/mol. The first-order chi connectivity index (χ1) is 13.8. The van der Waals surface area contributed by atoms with Gasteiger partial charge in [0.2, 0.25) is 15.9 Å². The van der Waals surface area contributed by atoms with Gasteiger partial charge >= 0.3 is 0 Å². The molecule has 0 bridgehead atoms. The van der Waals surface area contributed by atoms with Gasteiger partial charge in [0, 0.05) is 29.8 Å². The average molecular weight is 413 g/mol. The molecule has 7 nitrogen and oxygen atoms in total. The van der Waals surface area contributed by atoms with Crippen LogP contribution in [0.5, 0.6) is 0 Å². The molecule has 3 N–H and O–H groups in total. The Labute approximate surface area is 169 Å². The number of nitrogens with two attached hydrogens (primary N) is 1. The molecule has 4 rings (SSSR count). The number of nitrogens with zero attached hydrogens (tertiary/aromatic N) is 1. The highest BCUT2D eigenvalue weighted by Crippen LogP contribution is 2.30. The van der Waals surface area contributed by atoms with Gasteiger partial charge in [-0.05, 0) is 61.6 Å². The second kappa shape index (κ2) is 7.61. The summed E-state index contributed by atoms with van der Waals surface area (Å²) in [6.07, 6.45) is 3.54. The smallest absolute Gasteiger partial charge is 0.254 e. The van der Waals surface area contributed by atoms with Gasteiger partial charge in [-0.3, -0.25) is 9.59 Å². The molecule has 2 aliphatic carbocycles. The summed E-state index contributed by atoms with van der Waals surface area (Å²) in [6, 6.07) is 13.2. The van der Waals surface area contributed by atoms with E-state index >= 15 is 0 Å². The molecule has 2 amide bonds. The SMILES string of the molecule is NC(=O)c1ccc(CN(C(=O)c2cccc(S(=O)(=O)NC3CC3)c2)C2CC2)cc1. The number of nitrogens with one attached hydrogen (secondary N) is 1. The van der Waals surface area contributed by atoms with Crippen molar-refractivity contribution >= 4 is 21.8 Å². The fourth-order valence-electron chi connectivity index (χ4n) is 3.17. The van der Waals surface area contributed by atoms with Crippen molar-refractivity contribution in [3.05, 3.63) is 65.2 Å². The lowest BCUT2D eigenvalue weighted by molar-refractivity contribution is 0.0729. The number of carbonyl (C=O) groups is 2. The standard InChI is InChI=1S/C21H23N3O4S/c22-20(25)15-6-4-14(5-7-15)13-24(18-10-11-18)21(26)16-2-1-3-19(12-16)29(27,28)23-17-8-9-17/h1-7,12,17-18,23H,8-11,13H2,(H2,22,25). The van der Waals surface area contributed by atoms with E-state index in [1.807, 2.05) is 0 Å². The van der Waals surface area contributed by atoms with Crippen molar-refractivity contribution in [1.82, 2.24) is 9.62 Å². The Morgan fingerprint density at radius 2 is 1.69 bits per heavy atom. The van der Waals surface area contributed by atoms with Crippen molar-refractivity contribution in [2.45, 2.75) is 49.2 Å². The summed E-state index contributed by atoms with van der Waals surface area (Å²) in [4.78, 5) is 26.3. The maximum atomic E-state index is 13.2. The zero-order valence-corrected chi connectivity index (χ0v) is 16.7. The van der Waals surface area contributed by atoms with Crippen LogP contribution in [-0.4, -0.2) is 37.2 Å². The van der Waals surface area contributed by atoms with Crippen LogP contribution in [0.4, 0.5) is 0 Å². The molecule has 0 aliphatic heterocycles. The summed E-state index contributed by atoms with van der Waals surface area (Å²) in [6.45, 7) is 0.389. The van der Waals surface area contributed by atoms with Crippen LogP contribution < -0.4 is 10.5 Å². The van der Waals surface area contributed by atoms with Gasteiger partial charge in [0.25, 0.3) is 5.91 Å². The van der Waals surface area contributed by atoms with E-state index in [9.17, 15) is 18.0 Å². The molecule has 0 saturated heterocycles. The van der Waals surface area contributed by atoms with Gasteiger partial charge in [0.15, 0.2) is 0 Å². The van der Waals surface area contributed by atoms with Gasteiger partial charge in [-0.25, -0.2) is 13.1 Å². The molecular formula is C21H23N3O4S. The van der Waals surface area contributed by atoms with Crippen molar-refractivity contribution in [3.8, 4) is 0 Å². The zero-order valence-electron chi connectivity index (χ0n) is 15.9. The Bertz CT molecular complexity index is 1040. The Balaban J connectivity index is 1.54. The predicted molar refractivity (Wildman–Crippen MR) is 108 cm³/mol. The van der Waals surface area contributed by atoms with E-state index in [0.29, 0.717) is 17.7 Å². The third kappa shape index (κ3) is 4.65. The van der Waals surface area contributed by atoms with Crippen molar-refractivity contribution in [1.29, 1.82) is 0 Å². The summed E-state index contributed by atoms with van der Waals surface area (Å²) in [7, 11) is -3.62. The quantitative estimate of drug-likeness (QED) is 0.690. The first kappa shape index (κ1) is 19.6. The highest BCUT2D eigenvalue weighted by molar-refractivity contribution is 7.89. The molecule has 2 saturated carbocycles. The third-order valence-corrected chi connectivity index (χ3v) is 6.65. The number of hydrogen-bond acceptors (Lipinski definition) is 4. The minimum atomic E-state index is -3.62. The Kier molecular flexibility index (Phi) is 5.14. The number of amides is 2. The lowest BCUT2D eigenvalue weighted by Gasteiger charge is -2.23. The van der Waals surface area contributed by atoms with E-state index in [1.54, 1.807) is 41.3 Å². The van der Waals surface area contributed by atoms with Gasteiger partial charge in [-0.15, -0.1) is 0 Å². The van der Waals surface area contributed by atoms with Gasteiger partial charge in [-0.2, -0.15) is 0 Å². The number of rotatable bonds is 8. The van der Waals surface area contributed by atoms with Gasteiger partial charge in [0.1, 0.15) is 0 Å². The van der Waals surface area contributed by atoms with E-state index in [2.05, 4.69) is 4.72 Å². The Morgan fingerprint density at radius 3 is 2.28 bits per heavy atom. The molecule has 0 atom stereocenters. The van der Waals surface area contributed by atoms with E-state index in [4.69, 9.17) is 5.73 Å². The second-order valence-electron chi connectivity index (χ2n) is 7.65. The summed E-state index contributed by atoms with van der Waals surface area (Å²) in [5.74, 6) is -0.695. The lowest BCUT2D eigenvalue weighted by atomic mass is 10.1. The Morgan fingerprint density at radius 1 is 1.00 bits per heavy atom. The molecule has 2 aromatic carbocycles. The minimum Gasteiger partial charge on any atom is -0.366 e. The largest absolute Gasteiger partial charge is 0.366 e. The first-order valence-corrected chi connectivity index (χ1v) is 11.1. The second-order valence-corrected chi connectivity index (χ2v) is 9.36. The highest BCUT2D eigenvalue weighted by Gasteiger charge is 2.34. The molecule has 0 unspecified atom stereocenters. The normalized spacial score (nSPS) is 16.4. The Hall–Kier alpha value is -2.71. The maximum absolute atomic E-state index is 13.2. The summed E-state index contributed by atoms with van der Waals surface area (Å²) >= 11 is 0.